The maximum atomic E-state index is 12.0. The van der Waals surface area contributed by atoms with Gasteiger partial charge in [0.1, 0.15) is 5.75 Å². The molecule has 7 nitrogen and oxygen atoms in total. The van der Waals surface area contributed by atoms with Gasteiger partial charge in [0.05, 0.1) is 19.1 Å². The van der Waals surface area contributed by atoms with Crippen molar-refractivity contribution >= 4 is 12.0 Å². The summed E-state index contributed by atoms with van der Waals surface area (Å²) in [6.07, 6.45) is 0.174. The number of hydrogen-bond acceptors (Lipinski definition) is 5. The number of hydrogen-bond donors (Lipinski definition) is 1. The molecular weight excluding hydrogens is 305 g/mol. The van der Waals surface area contributed by atoms with Crippen LogP contribution in [0.5, 0.6) is 5.75 Å². The number of carbonyl (C=O) groups is 2. The minimum Gasteiger partial charge on any atom is -0.548 e. The van der Waals surface area contributed by atoms with E-state index >= 15 is 0 Å². The van der Waals surface area contributed by atoms with E-state index in [4.69, 9.17) is 4.74 Å². The topological polar surface area (TPSA) is 84.9 Å². The van der Waals surface area contributed by atoms with Crippen molar-refractivity contribution in [3.8, 4) is 5.75 Å². The number of ether oxygens (including phenoxy) is 1. The monoisotopic (exact) mass is 329 g/mol. The number of carboxylic acid groups (broad SMARTS) is 1. The number of carboxylic acids is 1. The Hall–Kier alpha value is -1.68. The van der Waals surface area contributed by atoms with Crippen molar-refractivity contribution < 1.29 is 38.3 Å². The molecule has 0 heterocycles. The van der Waals surface area contributed by atoms with Crippen molar-refractivity contribution in [2.45, 2.75) is 12.5 Å². The number of benzene rings is 1. The number of amides is 2. The number of methoxy groups -OCH3 is 1. The third-order valence-electron chi connectivity index (χ3n) is 3.50. The maximum Gasteiger partial charge on any atom is 1.00 e. The summed E-state index contributed by atoms with van der Waals surface area (Å²) in [6.45, 7) is 0.848. The number of carbonyl (C=O) groups excluding carboxylic acids is 2. The summed E-state index contributed by atoms with van der Waals surface area (Å²) in [5.74, 6) is -0.585. The summed E-state index contributed by atoms with van der Waals surface area (Å²) in [7, 11) is 6.76. The fourth-order valence-corrected chi connectivity index (χ4v) is 2.16. The summed E-state index contributed by atoms with van der Waals surface area (Å²) >= 11 is 0. The Kier molecular flexibility index (Phi) is 10.2. The van der Waals surface area contributed by atoms with Crippen molar-refractivity contribution in [3.05, 3.63) is 29.8 Å². The van der Waals surface area contributed by atoms with Gasteiger partial charge in [-0.15, -0.1) is 0 Å². The molecule has 0 aromatic heterocycles. The smallest absolute Gasteiger partial charge is 0.548 e. The van der Waals surface area contributed by atoms with E-state index in [0.29, 0.717) is 18.8 Å². The molecule has 0 aliphatic rings. The Bertz CT molecular complexity index is 523. The van der Waals surface area contributed by atoms with Gasteiger partial charge in [0.15, 0.2) is 0 Å². The van der Waals surface area contributed by atoms with E-state index in [1.54, 1.807) is 31.4 Å². The van der Waals surface area contributed by atoms with Gasteiger partial charge < -0.3 is 29.8 Å². The van der Waals surface area contributed by atoms with Crippen LogP contribution >= 0.6 is 0 Å². The van der Waals surface area contributed by atoms with Gasteiger partial charge in [-0.25, -0.2) is 4.79 Å². The van der Waals surface area contributed by atoms with Crippen molar-refractivity contribution in [2.75, 3.05) is 41.3 Å². The predicted octanol–water partition coefficient (Wildman–Crippen LogP) is -3.44. The first-order chi connectivity index (χ1) is 10.9. The normalized spacial score (nSPS) is 11.4. The van der Waals surface area contributed by atoms with Crippen LogP contribution in [0.4, 0.5) is 4.79 Å². The second kappa shape index (κ2) is 11.0. The molecule has 0 saturated carbocycles. The molecule has 128 valence electrons. The molecule has 0 unspecified atom stereocenters. The largest absolute Gasteiger partial charge is 1.00 e. The number of aliphatic carboxylic acids is 1. The fraction of sp³-hybridized carbons (Fsp3) is 0.500. The Balaban J connectivity index is 0.00000529. The molecule has 0 saturated heterocycles. The van der Waals surface area contributed by atoms with Gasteiger partial charge in [0.2, 0.25) is 0 Å². The van der Waals surface area contributed by atoms with Crippen LogP contribution in [-0.4, -0.2) is 69.2 Å². The van der Waals surface area contributed by atoms with E-state index in [2.05, 4.69) is 5.32 Å². The molecule has 1 N–H and O–H groups in total. The van der Waals surface area contributed by atoms with Crippen molar-refractivity contribution in [1.29, 1.82) is 0 Å². The van der Waals surface area contributed by atoms with Crippen LogP contribution < -0.4 is 34.0 Å². The standard InChI is InChI=1S/C16H25N3O4.Li/c1-17-16(22)19(10-9-18(2)3)14(15(20)21)11-12-5-7-13(23-4)8-6-12;/h5-8,14H,9-11H2,1-4H3,(H,17,22)(H,20,21);/q;+1/p-1/t14-;/m0./s1. The fourth-order valence-electron chi connectivity index (χ4n) is 2.16. The summed E-state index contributed by atoms with van der Waals surface area (Å²) in [6, 6.07) is 5.60. The molecular formula is C16H24LiN3O4. The Morgan fingerprint density at radius 1 is 1.21 bits per heavy atom. The van der Waals surface area contributed by atoms with Crippen LogP contribution in [0.3, 0.4) is 0 Å². The maximum absolute atomic E-state index is 12.0. The average molecular weight is 329 g/mol. The molecule has 1 rings (SSSR count). The van der Waals surface area contributed by atoms with Gasteiger partial charge in [0.25, 0.3) is 0 Å². The van der Waals surface area contributed by atoms with Gasteiger partial charge in [-0.2, -0.15) is 0 Å². The van der Waals surface area contributed by atoms with E-state index in [9.17, 15) is 14.7 Å². The Labute approximate surface area is 155 Å². The van der Waals surface area contributed by atoms with Gasteiger partial charge in [0, 0.05) is 20.1 Å². The van der Waals surface area contributed by atoms with E-state index in [0.717, 1.165) is 5.56 Å². The molecule has 0 fully saturated rings. The van der Waals surface area contributed by atoms with Gasteiger partial charge >= 0.3 is 24.9 Å². The van der Waals surface area contributed by atoms with Gasteiger partial charge in [-0.05, 0) is 38.2 Å². The Morgan fingerprint density at radius 2 is 1.79 bits per heavy atom. The van der Waals surface area contributed by atoms with Crippen molar-refractivity contribution in [3.63, 3.8) is 0 Å². The first-order valence-electron chi connectivity index (χ1n) is 7.36. The van der Waals surface area contributed by atoms with Crippen LogP contribution in [0.2, 0.25) is 0 Å². The first kappa shape index (κ1) is 22.3. The molecule has 0 aliphatic carbocycles. The summed E-state index contributed by atoms with van der Waals surface area (Å²) in [4.78, 5) is 26.8. The predicted molar refractivity (Wildman–Crippen MR) is 85.2 cm³/mol. The zero-order valence-corrected chi connectivity index (χ0v) is 15.0. The van der Waals surface area contributed by atoms with E-state index in [-0.39, 0.29) is 25.3 Å². The van der Waals surface area contributed by atoms with E-state index in [1.807, 2.05) is 19.0 Å². The number of nitrogens with one attached hydrogen (secondary N) is 1. The number of nitrogens with zero attached hydrogens (tertiary/aromatic N) is 2. The molecule has 0 aliphatic heterocycles. The number of rotatable bonds is 8. The van der Waals surface area contributed by atoms with Crippen molar-refractivity contribution in [1.82, 2.24) is 15.1 Å². The minimum absolute atomic E-state index is 0. The second-order valence-corrected chi connectivity index (χ2v) is 5.44. The van der Waals surface area contributed by atoms with Crippen LogP contribution in [0.25, 0.3) is 0 Å². The summed E-state index contributed by atoms with van der Waals surface area (Å²) in [5.41, 5.74) is 0.791. The minimum atomic E-state index is -1.27. The van der Waals surface area contributed by atoms with E-state index in [1.165, 1.54) is 11.9 Å². The third-order valence-corrected chi connectivity index (χ3v) is 3.50. The van der Waals surface area contributed by atoms with Crippen LogP contribution in [0.15, 0.2) is 24.3 Å². The zero-order chi connectivity index (χ0) is 17.4. The number of urea groups is 1. The number of likely N-dealkylation sites (N-methyl/N-ethyl adjacent to an activating group) is 1. The molecule has 1 aromatic carbocycles. The van der Waals surface area contributed by atoms with Crippen molar-refractivity contribution in [2.24, 2.45) is 0 Å². The molecule has 0 spiro atoms. The van der Waals surface area contributed by atoms with Crippen LogP contribution in [0.1, 0.15) is 5.56 Å². The van der Waals surface area contributed by atoms with Gasteiger partial charge in [-0.1, -0.05) is 12.1 Å². The molecule has 24 heavy (non-hydrogen) atoms. The average Bonchev–Trinajstić information content (AvgIpc) is 2.53. The third kappa shape index (κ3) is 6.83. The van der Waals surface area contributed by atoms with E-state index < -0.39 is 18.0 Å². The first-order valence-corrected chi connectivity index (χ1v) is 7.36. The van der Waals surface area contributed by atoms with Gasteiger partial charge in [-0.3, -0.25) is 0 Å². The molecule has 0 radical (unpaired) electrons. The SMILES string of the molecule is CNC(=O)N(CCN(C)C)[C@@H](Cc1ccc(OC)cc1)C(=O)[O-].[Li+]. The zero-order valence-electron chi connectivity index (χ0n) is 15.0. The molecule has 0 bridgehead atoms. The Morgan fingerprint density at radius 3 is 2.21 bits per heavy atom. The quantitative estimate of drug-likeness (QED) is 0.502. The molecule has 1 aromatic rings. The molecule has 8 heteroatoms. The second-order valence-electron chi connectivity index (χ2n) is 5.44. The summed E-state index contributed by atoms with van der Waals surface area (Å²) in [5, 5.41) is 14.0. The summed E-state index contributed by atoms with van der Waals surface area (Å²) < 4.78 is 5.08. The van der Waals surface area contributed by atoms with Crippen LogP contribution in [-0.2, 0) is 11.2 Å². The molecule has 1 atom stereocenters. The molecule has 2 amide bonds. The van der Waals surface area contributed by atoms with Crippen LogP contribution in [0, 0.1) is 0 Å².